The summed E-state index contributed by atoms with van der Waals surface area (Å²) < 4.78 is 11.1. The lowest BCUT2D eigenvalue weighted by Crippen LogP contribution is -2.26. The number of para-hydroxylation sites is 1. The second-order valence-electron chi connectivity index (χ2n) is 8.21. The number of ether oxygens (including phenoxy) is 2. The van der Waals surface area contributed by atoms with E-state index < -0.39 is 0 Å². The third-order valence-corrected chi connectivity index (χ3v) is 6.15. The molecule has 3 aromatic rings. The first-order valence-electron chi connectivity index (χ1n) is 11.7. The molecule has 0 aliphatic carbocycles. The van der Waals surface area contributed by atoms with Gasteiger partial charge in [0.15, 0.2) is 0 Å². The number of nitrogens with one attached hydrogen (secondary N) is 2. The number of benzene rings is 2. The lowest BCUT2D eigenvalue weighted by Gasteiger charge is -2.20. The van der Waals surface area contributed by atoms with Crippen LogP contribution in [-0.2, 0) is 11.2 Å². The lowest BCUT2D eigenvalue weighted by atomic mass is 9.87. The SMILES string of the molecule is CCCCCCNC(=O)C[C@H](c1ccc(OC)cc1OC)c1c[nH]c2c(CC)cccc12. The molecule has 0 aliphatic heterocycles. The molecule has 1 amide bonds. The van der Waals surface area contributed by atoms with Crippen molar-refractivity contribution in [2.75, 3.05) is 20.8 Å². The highest BCUT2D eigenvalue weighted by molar-refractivity contribution is 5.88. The number of aromatic nitrogens is 1. The van der Waals surface area contributed by atoms with E-state index >= 15 is 0 Å². The van der Waals surface area contributed by atoms with Crippen LogP contribution in [0.5, 0.6) is 11.5 Å². The van der Waals surface area contributed by atoms with Crippen molar-refractivity contribution in [3.8, 4) is 11.5 Å². The molecule has 1 atom stereocenters. The van der Waals surface area contributed by atoms with Crippen molar-refractivity contribution in [1.82, 2.24) is 10.3 Å². The standard InChI is InChI=1S/C27H36N2O3/c1-5-7-8-9-15-28-26(30)17-23(21-14-13-20(31-3)16-25(21)32-4)24-18-29-27-19(6-2)11-10-12-22(24)27/h10-14,16,18,23,29H,5-9,15,17H2,1-4H3,(H,28,30)/t23-/m1/s1. The molecule has 32 heavy (non-hydrogen) atoms. The summed E-state index contributed by atoms with van der Waals surface area (Å²) in [6, 6.07) is 12.2. The molecule has 5 heteroatoms. The number of hydrogen-bond acceptors (Lipinski definition) is 3. The monoisotopic (exact) mass is 436 g/mol. The minimum Gasteiger partial charge on any atom is -0.497 e. The van der Waals surface area contributed by atoms with Crippen LogP contribution in [0.15, 0.2) is 42.6 Å². The van der Waals surface area contributed by atoms with Crippen LogP contribution in [0.25, 0.3) is 10.9 Å². The van der Waals surface area contributed by atoms with Crippen molar-refractivity contribution in [3.63, 3.8) is 0 Å². The first kappa shape index (κ1) is 23.7. The lowest BCUT2D eigenvalue weighted by molar-refractivity contribution is -0.121. The van der Waals surface area contributed by atoms with Gasteiger partial charge in [-0.3, -0.25) is 4.79 Å². The number of methoxy groups -OCH3 is 2. The highest BCUT2D eigenvalue weighted by Crippen LogP contribution is 2.39. The maximum atomic E-state index is 12.9. The van der Waals surface area contributed by atoms with Gasteiger partial charge >= 0.3 is 0 Å². The summed E-state index contributed by atoms with van der Waals surface area (Å²) in [6.45, 7) is 5.07. The largest absolute Gasteiger partial charge is 0.497 e. The smallest absolute Gasteiger partial charge is 0.220 e. The van der Waals surface area contributed by atoms with Crippen LogP contribution in [0.1, 0.15) is 68.6 Å². The number of amides is 1. The van der Waals surface area contributed by atoms with E-state index in [1.807, 2.05) is 24.4 Å². The van der Waals surface area contributed by atoms with Crippen molar-refractivity contribution in [3.05, 3.63) is 59.3 Å². The number of hydrogen-bond donors (Lipinski definition) is 2. The Morgan fingerprint density at radius 3 is 2.59 bits per heavy atom. The molecule has 3 rings (SSSR count). The summed E-state index contributed by atoms with van der Waals surface area (Å²) in [7, 11) is 3.30. The van der Waals surface area contributed by atoms with E-state index in [0.717, 1.165) is 59.3 Å². The fraction of sp³-hybridized carbons (Fsp3) is 0.444. The Labute approximate surface area is 191 Å². The molecule has 2 aromatic carbocycles. The van der Waals surface area contributed by atoms with Crippen LogP contribution in [0.2, 0.25) is 0 Å². The maximum Gasteiger partial charge on any atom is 0.220 e. The van der Waals surface area contributed by atoms with Gasteiger partial charge in [0.25, 0.3) is 0 Å². The zero-order chi connectivity index (χ0) is 22.9. The van der Waals surface area contributed by atoms with Crippen molar-refractivity contribution in [2.24, 2.45) is 0 Å². The van der Waals surface area contributed by atoms with E-state index in [4.69, 9.17) is 9.47 Å². The second kappa shape index (κ2) is 11.6. The van der Waals surface area contributed by atoms with Gasteiger partial charge in [0.2, 0.25) is 5.91 Å². The highest BCUT2D eigenvalue weighted by Gasteiger charge is 2.25. The van der Waals surface area contributed by atoms with Crippen molar-refractivity contribution < 1.29 is 14.3 Å². The Morgan fingerprint density at radius 1 is 1.03 bits per heavy atom. The first-order valence-corrected chi connectivity index (χ1v) is 11.7. The van der Waals surface area contributed by atoms with E-state index in [2.05, 4.69) is 42.3 Å². The molecule has 1 heterocycles. The number of unbranched alkanes of at least 4 members (excludes halogenated alkanes) is 3. The fourth-order valence-electron chi connectivity index (χ4n) is 4.35. The fourth-order valence-corrected chi connectivity index (χ4v) is 4.35. The topological polar surface area (TPSA) is 63.4 Å². The minimum atomic E-state index is -0.132. The molecule has 0 spiro atoms. The molecular weight excluding hydrogens is 400 g/mol. The first-order chi connectivity index (χ1) is 15.6. The number of carbonyl (C=O) groups is 1. The van der Waals surface area contributed by atoms with Crippen molar-refractivity contribution >= 4 is 16.8 Å². The summed E-state index contributed by atoms with van der Waals surface area (Å²) in [6.07, 6.45) is 7.92. The van der Waals surface area contributed by atoms with E-state index in [1.54, 1.807) is 14.2 Å². The average molecular weight is 437 g/mol. The van der Waals surface area contributed by atoms with E-state index in [-0.39, 0.29) is 11.8 Å². The molecule has 5 nitrogen and oxygen atoms in total. The molecular formula is C27H36N2O3. The van der Waals surface area contributed by atoms with Crippen LogP contribution in [0, 0.1) is 0 Å². The van der Waals surface area contributed by atoms with E-state index in [9.17, 15) is 4.79 Å². The summed E-state index contributed by atoms with van der Waals surface area (Å²) in [4.78, 5) is 16.4. The number of aryl methyl sites for hydroxylation is 1. The molecule has 0 aliphatic rings. The zero-order valence-corrected chi connectivity index (χ0v) is 19.8. The third kappa shape index (κ3) is 5.45. The van der Waals surface area contributed by atoms with Gasteiger partial charge in [0, 0.05) is 47.6 Å². The summed E-state index contributed by atoms with van der Waals surface area (Å²) >= 11 is 0. The van der Waals surface area contributed by atoms with Crippen LogP contribution in [0.3, 0.4) is 0 Å². The Morgan fingerprint density at radius 2 is 1.88 bits per heavy atom. The zero-order valence-electron chi connectivity index (χ0n) is 19.8. The number of aromatic amines is 1. The Balaban J connectivity index is 1.95. The molecule has 0 radical (unpaired) electrons. The number of fused-ring (bicyclic) bond motifs is 1. The quantitative estimate of drug-likeness (QED) is 0.344. The Kier molecular flexibility index (Phi) is 8.60. The van der Waals surface area contributed by atoms with E-state index in [1.165, 1.54) is 18.4 Å². The molecule has 0 bridgehead atoms. The number of carbonyl (C=O) groups excluding carboxylic acids is 1. The van der Waals surface area contributed by atoms with Gasteiger partial charge in [0.05, 0.1) is 14.2 Å². The van der Waals surface area contributed by atoms with Gasteiger partial charge < -0.3 is 19.8 Å². The van der Waals surface area contributed by atoms with Gasteiger partial charge in [-0.2, -0.15) is 0 Å². The second-order valence-corrected chi connectivity index (χ2v) is 8.21. The van der Waals surface area contributed by atoms with E-state index in [0.29, 0.717) is 6.42 Å². The maximum absolute atomic E-state index is 12.9. The summed E-state index contributed by atoms with van der Waals surface area (Å²) in [5.41, 5.74) is 4.51. The third-order valence-electron chi connectivity index (χ3n) is 6.15. The molecule has 172 valence electrons. The van der Waals surface area contributed by atoms with Crippen LogP contribution in [-0.4, -0.2) is 31.7 Å². The van der Waals surface area contributed by atoms with Gasteiger partial charge in [-0.05, 0) is 30.0 Å². The van der Waals surface area contributed by atoms with Crippen LogP contribution < -0.4 is 14.8 Å². The van der Waals surface area contributed by atoms with Crippen molar-refractivity contribution in [2.45, 2.75) is 58.3 Å². The predicted molar refractivity (Wildman–Crippen MR) is 131 cm³/mol. The minimum absolute atomic E-state index is 0.0605. The molecule has 0 saturated carbocycles. The predicted octanol–water partition coefficient (Wildman–Crippen LogP) is 5.97. The average Bonchev–Trinajstić information content (AvgIpc) is 3.26. The highest BCUT2D eigenvalue weighted by atomic mass is 16.5. The van der Waals surface area contributed by atoms with Crippen molar-refractivity contribution in [1.29, 1.82) is 0 Å². The van der Waals surface area contributed by atoms with Gasteiger partial charge in [0.1, 0.15) is 11.5 Å². The van der Waals surface area contributed by atoms with Gasteiger partial charge in [-0.1, -0.05) is 57.4 Å². The van der Waals surface area contributed by atoms with Crippen LogP contribution in [0.4, 0.5) is 0 Å². The summed E-state index contributed by atoms with van der Waals surface area (Å²) in [5.74, 6) is 1.39. The van der Waals surface area contributed by atoms with Gasteiger partial charge in [-0.15, -0.1) is 0 Å². The van der Waals surface area contributed by atoms with Gasteiger partial charge in [-0.25, -0.2) is 0 Å². The number of H-pyrrole nitrogens is 1. The van der Waals surface area contributed by atoms with Crippen LogP contribution >= 0.6 is 0 Å². The molecule has 0 saturated heterocycles. The molecule has 1 aromatic heterocycles. The Hall–Kier alpha value is -2.95. The molecule has 0 fully saturated rings. The summed E-state index contributed by atoms with van der Waals surface area (Å²) in [5, 5.41) is 4.28. The number of rotatable bonds is 12. The molecule has 2 N–H and O–H groups in total. The molecule has 0 unspecified atom stereocenters. The Bertz CT molecular complexity index is 1020. The normalized spacial score (nSPS) is 12.0.